The van der Waals surface area contributed by atoms with Gasteiger partial charge in [-0.25, -0.2) is 4.79 Å². The highest BCUT2D eigenvalue weighted by Gasteiger charge is 2.58. The molecule has 3 rings (SSSR count). The summed E-state index contributed by atoms with van der Waals surface area (Å²) in [7, 11) is 4.51. The minimum absolute atomic E-state index is 0.0865. The Balaban J connectivity index is 1.93. The number of hydrogen-bond acceptors (Lipinski definition) is 7. The Morgan fingerprint density at radius 2 is 1.78 bits per heavy atom. The highest BCUT2D eigenvalue weighted by atomic mass is 16.6. The van der Waals surface area contributed by atoms with Crippen LogP contribution in [0.15, 0.2) is 23.8 Å². The molecule has 1 fully saturated rings. The fourth-order valence-electron chi connectivity index (χ4n) is 4.80. The molecule has 0 amide bonds. The maximum atomic E-state index is 13.2. The molecule has 1 aromatic rings. The molecule has 178 valence electrons. The minimum atomic E-state index is -0.719. The number of epoxide rings is 1. The van der Waals surface area contributed by atoms with Crippen LogP contribution < -0.4 is 14.2 Å². The molecule has 2 aliphatic rings. The lowest BCUT2D eigenvalue weighted by Crippen LogP contribution is -2.43. The number of aliphatic hydroxyl groups is 1. The molecule has 32 heavy (non-hydrogen) atoms. The largest absolute Gasteiger partial charge is 0.493 e. The molecule has 0 spiro atoms. The second-order valence-corrected chi connectivity index (χ2v) is 9.31. The summed E-state index contributed by atoms with van der Waals surface area (Å²) in [4.78, 5) is 13.2. The molecule has 1 aromatic carbocycles. The average molecular weight is 449 g/mol. The Hall–Kier alpha value is -2.25. The highest BCUT2D eigenvalue weighted by Crippen LogP contribution is 2.47. The minimum Gasteiger partial charge on any atom is -0.493 e. The van der Waals surface area contributed by atoms with E-state index in [4.69, 9.17) is 23.7 Å². The topological polar surface area (TPSA) is 86.8 Å². The van der Waals surface area contributed by atoms with Crippen molar-refractivity contribution in [1.82, 2.24) is 0 Å². The van der Waals surface area contributed by atoms with E-state index >= 15 is 0 Å². The van der Waals surface area contributed by atoms with Gasteiger partial charge in [-0.1, -0.05) is 25.5 Å². The Kier molecular flexibility index (Phi) is 7.40. The third-order valence-electron chi connectivity index (χ3n) is 6.66. The molecule has 5 atom stereocenters. The molecule has 7 nitrogen and oxygen atoms in total. The lowest BCUT2D eigenvalue weighted by molar-refractivity contribution is -0.0419. The first-order valence-corrected chi connectivity index (χ1v) is 11.2. The van der Waals surface area contributed by atoms with Crippen LogP contribution in [-0.2, 0) is 9.47 Å². The lowest BCUT2D eigenvalue weighted by Gasteiger charge is -2.34. The van der Waals surface area contributed by atoms with Crippen molar-refractivity contribution in [3.05, 3.63) is 29.3 Å². The normalized spacial score (nSPS) is 31.7. The summed E-state index contributed by atoms with van der Waals surface area (Å²) in [5, 5.41) is 11.2. The van der Waals surface area contributed by atoms with Crippen molar-refractivity contribution in [1.29, 1.82) is 0 Å². The molecule has 0 radical (unpaired) electrons. The van der Waals surface area contributed by atoms with Gasteiger partial charge >= 0.3 is 5.97 Å². The second-order valence-electron chi connectivity index (χ2n) is 9.31. The zero-order chi connectivity index (χ0) is 23.6. The van der Waals surface area contributed by atoms with Gasteiger partial charge in [0.25, 0.3) is 0 Å². The molecule has 1 N–H and O–H groups in total. The summed E-state index contributed by atoms with van der Waals surface area (Å²) in [5.74, 6) is 0.477. The summed E-state index contributed by atoms with van der Waals surface area (Å²) in [6.07, 6.45) is 3.00. The molecule has 2 unspecified atom stereocenters. The number of allylic oxidation sites excluding steroid dienone is 1. The van der Waals surface area contributed by atoms with E-state index in [0.717, 1.165) is 18.4 Å². The SMILES string of the molecule is COc1cc(C(=O)O[C@H]2C/C(C)=C\CC[C@]3(C)O[C@@H]3C(O)C2C(C)C)cc(OC)c1OC. The standard InChI is InChI=1S/C25H36O7/c1-14(2)20-17(11-15(3)9-8-10-25(4)23(32-25)21(20)26)31-24(27)16-12-18(28-5)22(30-7)19(13-16)29-6/h9,12-14,17,20-21,23,26H,8,10-11H2,1-7H3/b15-9-/t17-,20?,21?,23+,25-/m0/s1. The Bertz CT molecular complexity index is 837. The van der Waals surface area contributed by atoms with E-state index in [0.29, 0.717) is 29.2 Å². The van der Waals surface area contributed by atoms with Crippen LogP contribution in [0.4, 0.5) is 0 Å². The Labute approximate surface area is 190 Å². The first kappa shape index (κ1) is 24.4. The summed E-state index contributed by atoms with van der Waals surface area (Å²) in [6, 6.07) is 3.16. The van der Waals surface area contributed by atoms with Crippen molar-refractivity contribution in [3.8, 4) is 17.2 Å². The first-order chi connectivity index (χ1) is 15.1. The fraction of sp³-hybridized carbons (Fsp3) is 0.640. The fourth-order valence-corrected chi connectivity index (χ4v) is 4.80. The van der Waals surface area contributed by atoms with Crippen LogP contribution in [-0.4, -0.2) is 56.3 Å². The van der Waals surface area contributed by atoms with E-state index in [-0.39, 0.29) is 23.5 Å². The van der Waals surface area contributed by atoms with Crippen LogP contribution in [0.1, 0.15) is 57.3 Å². The van der Waals surface area contributed by atoms with Gasteiger partial charge in [-0.05, 0) is 44.7 Å². The molecular formula is C25H36O7. The van der Waals surface area contributed by atoms with E-state index in [9.17, 15) is 9.90 Å². The number of methoxy groups -OCH3 is 3. The average Bonchev–Trinajstić information content (AvgIpc) is 3.43. The van der Waals surface area contributed by atoms with Crippen LogP contribution >= 0.6 is 0 Å². The monoisotopic (exact) mass is 448 g/mol. The van der Waals surface area contributed by atoms with E-state index in [1.807, 2.05) is 27.7 Å². The molecular weight excluding hydrogens is 412 g/mol. The number of fused-ring (bicyclic) bond motifs is 1. The summed E-state index contributed by atoms with van der Waals surface area (Å²) in [5.41, 5.74) is 1.10. The predicted octanol–water partition coefficient (Wildman–Crippen LogP) is 4.16. The van der Waals surface area contributed by atoms with Gasteiger partial charge in [-0.15, -0.1) is 0 Å². The zero-order valence-corrected chi connectivity index (χ0v) is 20.1. The zero-order valence-electron chi connectivity index (χ0n) is 20.1. The third-order valence-corrected chi connectivity index (χ3v) is 6.66. The van der Waals surface area contributed by atoms with Gasteiger partial charge in [0.05, 0.1) is 38.6 Å². The van der Waals surface area contributed by atoms with Gasteiger partial charge in [-0.2, -0.15) is 0 Å². The molecule has 1 aliphatic carbocycles. The number of rotatable bonds is 6. The van der Waals surface area contributed by atoms with Crippen LogP contribution in [0.5, 0.6) is 17.2 Å². The second kappa shape index (κ2) is 9.71. The van der Waals surface area contributed by atoms with Gasteiger partial charge in [0.2, 0.25) is 5.75 Å². The summed E-state index contributed by atoms with van der Waals surface area (Å²) in [6.45, 7) is 8.16. The van der Waals surface area contributed by atoms with Crippen molar-refractivity contribution < 1.29 is 33.6 Å². The smallest absolute Gasteiger partial charge is 0.338 e. The number of carbonyl (C=O) groups excluding carboxylic acids is 1. The van der Waals surface area contributed by atoms with E-state index in [1.165, 1.54) is 21.3 Å². The van der Waals surface area contributed by atoms with Crippen LogP contribution in [0, 0.1) is 11.8 Å². The summed E-state index contributed by atoms with van der Waals surface area (Å²) < 4.78 is 28.1. The number of hydrogen-bond donors (Lipinski definition) is 1. The molecule has 0 aromatic heterocycles. The Morgan fingerprint density at radius 3 is 2.31 bits per heavy atom. The van der Waals surface area contributed by atoms with Gasteiger partial charge in [0.1, 0.15) is 12.2 Å². The van der Waals surface area contributed by atoms with Gasteiger partial charge in [0, 0.05) is 12.3 Å². The van der Waals surface area contributed by atoms with Crippen molar-refractivity contribution >= 4 is 5.97 Å². The lowest BCUT2D eigenvalue weighted by atomic mass is 9.78. The number of carbonyl (C=O) groups is 1. The van der Waals surface area contributed by atoms with Gasteiger partial charge < -0.3 is 28.8 Å². The summed E-state index contributed by atoms with van der Waals surface area (Å²) >= 11 is 0. The van der Waals surface area contributed by atoms with Gasteiger partial charge in [-0.3, -0.25) is 0 Å². The maximum absolute atomic E-state index is 13.2. The van der Waals surface area contributed by atoms with Crippen LogP contribution in [0.25, 0.3) is 0 Å². The first-order valence-electron chi connectivity index (χ1n) is 11.2. The molecule has 7 heteroatoms. The van der Waals surface area contributed by atoms with E-state index in [1.54, 1.807) is 12.1 Å². The van der Waals surface area contributed by atoms with E-state index in [2.05, 4.69) is 6.08 Å². The molecule has 0 bridgehead atoms. The quantitative estimate of drug-likeness (QED) is 0.397. The van der Waals surface area contributed by atoms with Crippen molar-refractivity contribution in [2.45, 2.75) is 70.9 Å². The Morgan fingerprint density at radius 1 is 1.16 bits per heavy atom. The number of esters is 1. The van der Waals surface area contributed by atoms with Gasteiger partial charge in [0.15, 0.2) is 11.5 Å². The van der Waals surface area contributed by atoms with Crippen molar-refractivity contribution in [2.24, 2.45) is 11.8 Å². The van der Waals surface area contributed by atoms with Crippen LogP contribution in [0.2, 0.25) is 0 Å². The predicted molar refractivity (Wildman–Crippen MR) is 121 cm³/mol. The molecule has 0 saturated carbocycles. The van der Waals surface area contributed by atoms with E-state index < -0.39 is 18.2 Å². The molecule has 1 aliphatic heterocycles. The third kappa shape index (κ3) is 4.89. The number of aliphatic hydroxyl groups excluding tert-OH is 1. The molecule has 1 saturated heterocycles. The number of benzene rings is 1. The highest BCUT2D eigenvalue weighted by molar-refractivity contribution is 5.91. The van der Waals surface area contributed by atoms with Crippen molar-refractivity contribution in [3.63, 3.8) is 0 Å². The van der Waals surface area contributed by atoms with Crippen LogP contribution in [0.3, 0.4) is 0 Å². The van der Waals surface area contributed by atoms with Crippen molar-refractivity contribution in [2.75, 3.05) is 21.3 Å². The molecule has 1 heterocycles. The number of ether oxygens (including phenoxy) is 5. The maximum Gasteiger partial charge on any atom is 0.338 e.